The first kappa shape index (κ1) is 10.8. The van der Waals surface area contributed by atoms with Crippen LogP contribution in [0.3, 0.4) is 0 Å². The van der Waals surface area contributed by atoms with Gasteiger partial charge in [0, 0.05) is 0 Å². The van der Waals surface area contributed by atoms with E-state index in [0.29, 0.717) is 0 Å². The highest BCUT2D eigenvalue weighted by atomic mass is 16.7. The molecule has 6 N–H and O–H groups in total. The highest BCUT2D eigenvalue weighted by Gasteiger charge is 2.56. The Balaban J connectivity index is 2.77. The van der Waals surface area contributed by atoms with E-state index in [2.05, 4.69) is 4.74 Å². The molecule has 0 amide bonds. The lowest BCUT2D eigenvalue weighted by atomic mass is 10.0. The summed E-state index contributed by atoms with van der Waals surface area (Å²) in [5.74, 6) is -2.76. The molecule has 0 aromatic heterocycles. The maximum atomic E-state index is 9.14. The van der Waals surface area contributed by atoms with Crippen LogP contribution in [0.25, 0.3) is 0 Å². The van der Waals surface area contributed by atoms with Gasteiger partial charge in [-0.25, -0.2) is 0 Å². The highest BCUT2D eigenvalue weighted by Crippen LogP contribution is 2.29. The fourth-order valence-electron chi connectivity index (χ4n) is 1.17. The summed E-state index contributed by atoms with van der Waals surface area (Å²) in [6, 6.07) is 0. The molecular weight excluding hydrogens is 184 g/mol. The fraction of sp³-hybridized carbons (Fsp3) is 1.00. The average molecular weight is 196 g/mol. The summed E-state index contributed by atoms with van der Waals surface area (Å²) in [4.78, 5) is 0. The number of rotatable bonds is 2. The Morgan fingerprint density at radius 2 is 1.85 bits per heavy atom. The third-order valence-electron chi connectivity index (χ3n) is 1.95. The summed E-state index contributed by atoms with van der Waals surface area (Å²) in [5.41, 5.74) is 0. The van der Waals surface area contributed by atoms with Crippen LogP contribution in [0.4, 0.5) is 0 Å². The lowest BCUT2D eigenvalue weighted by molar-refractivity contribution is -0.248. The van der Waals surface area contributed by atoms with E-state index in [0.717, 1.165) is 0 Å². The number of ether oxygens (including phenoxy) is 1. The van der Waals surface area contributed by atoms with Crippen molar-refractivity contribution in [3.8, 4) is 0 Å². The number of aliphatic hydroxyl groups excluding tert-OH is 4. The minimum absolute atomic E-state index is 0.771. The van der Waals surface area contributed by atoms with Gasteiger partial charge in [-0.1, -0.05) is 0 Å². The smallest absolute Gasteiger partial charge is 0.224 e. The molecule has 1 saturated heterocycles. The Kier molecular flexibility index (Phi) is 2.88. The van der Waals surface area contributed by atoms with Gasteiger partial charge in [0.15, 0.2) is 12.4 Å². The summed E-state index contributed by atoms with van der Waals surface area (Å²) >= 11 is 0. The Hall–Kier alpha value is -0.280. The summed E-state index contributed by atoms with van der Waals surface area (Å²) < 4.78 is 4.44. The van der Waals surface area contributed by atoms with Crippen molar-refractivity contribution in [3.05, 3.63) is 0 Å². The van der Waals surface area contributed by atoms with Gasteiger partial charge in [-0.3, -0.25) is 0 Å². The van der Waals surface area contributed by atoms with Crippen LogP contribution < -0.4 is 0 Å². The summed E-state index contributed by atoms with van der Waals surface area (Å²) in [6.07, 6.45) is -6.94. The van der Waals surface area contributed by atoms with Gasteiger partial charge in [0.25, 0.3) is 0 Å². The molecule has 1 heterocycles. The molecule has 0 saturated carbocycles. The van der Waals surface area contributed by atoms with Crippen molar-refractivity contribution >= 4 is 0 Å². The Bertz CT molecular complexity index is 182. The first-order valence-corrected chi connectivity index (χ1v) is 3.66. The number of hydrogen-bond acceptors (Lipinski definition) is 7. The molecule has 13 heavy (non-hydrogen) atoms. The van der Waals surface area contributed by atoms with Gasteiger partial charge in [0.1, 0.15) is 12.2 Å². The lowest BCUT2D eigenvalue weighted by Gasteiger charge is -2.26. The highest BCUT2D eigenvalue weighted by molar-refractivity contribution is 4.95. The molecule has 1 aliphatic heterocycles. The first-order valence-electron chi connectivity index (χ1n) is 3.66. The molecule has 0 aromatic carbocycles. The van der Waals surface area contributed by atoms with Gasteiger partial charge in [-0.15, -0.1) is 0 Å². The van der Waals surface area contributed by atoms with Crippen LogP contribution in [0.2, 0.25) is 0 Å². The SMILES string of the molecule is OC[C@@H](O)[C@H]1OC(O)[C@H](O)C1(O)O. The molecule has 78 valence electrons. The largest absolute Gasteiger partial charge is 0.394 e. The van der Waals surface area contributed by atoms with Gasteiger partial charge in [-0.05, 0) is 0 Å². The van der Waals surface area contributed by atoms with Crippen LogP contribution in [0.5, 0.6) is 0 Å². The molecule has 4 atom stereocenters. The summed E-state index contributed by atoms with van der Waals surface area (Å²) in [6.45, 7) is -0.771. The molecule has 0 bridgehead atoms. The monoisotopic (exact) mass is 196 g/mol. The van der Waals surface area contributed by atoms with E-state index in [1.807, 2.05) is 0 Å². The maximum Gasteiger partial charge on any atom is 0.224 e. The molecule has 7 heteroatoms. The average Bonchev–Trinajstić information content (AvgIpc) is 2.28. The number of hydrogen-bond donors (Lipinski definition) is 6. The van der Waals surface area contributed by atoms with Crippen molar-refractivity contribution in [2.45, 2.75) is 30.4 Å². The second-order valence-corrected chi connectivity index (χ2v) is 2.93. The van der Waals surface area contributed by atoms with E-state index in [1.165, 1.54) is 0 Å². The molecular formula is C6H12O7. The van der Waals surface area contributed by atoms with E-state index in [1.54, 1.807) is 0 Å². The van der Waals surface area contributed by atoms with Crippen molar-refractivity contribution in [2.24, 2.45) is 0 Å². The Morgan fingerprint density at radius 3 is 2.15 bits per heavy atom. The number of aliphatic hydroxyl groups is 6. The zero-order valence-corrected chi connectivity index (χ0v) is 6.61. The van der Waals surface area contributed by atoms with Gasteiger partial charge in [-0.2, -0.15) is 0 Å². The second-order valence-electron chi connectivity index (χ2n) is 2.93. The predicted molar refractivity (Wildman–Crippen MR) is 37.1 cm³/mol. The third-order valence-corrected chi connectivity index (χ3v) is 1.95. The molecule has 1 unspecified atom stereocenters. The van der Waals surface area contributed by atoms with Crippen molar-refractivity contribution in [1.29, 1.82) is 0 Å². The first-order chi connectivity index (χ1) is 5.91. The molecule has 1 aliphatic rings. The molecule has 0 radical (unpaired) electrons. The van der Waals surface area contributed by atoms with Gasteiger partial charge >= 0.3 is 0 Å². The van der Waals surface area contributed by atoms with Crippen LogP contribution in [0, 0.1) is 0 Å². The fourth-order valence-corrected chi connectivity index (χ4v) is 1.17. The van der Waals surface area contributed by atoms with Gasteiger partial charge < -0.3 is 35.4 Å². The molecule has 7 nitrogen and oxygen atoms in total. The van der Waals surface area contributed by atoms with E-state index >= 15 is 0 Å². The minimum Gasteiger partial charge on any atom is -0.394 e. The van der Waals surface area contributed by atoms with Crippen LogP contribution in [-0.2, 0) is 4.74 Å². The summed E-state index contributed by atoms with van der Waals surface area (Å²) in [7, 11) is 0. The molecule has 0 aliphatic carbocycles. The zero-order valence-electron chi connectivity index (χ0n) is 6.61. The topological polar surface area (TPSA) is 131 Å². The van der Waals surface area contributed by atoms with Crippen molar-refractivity contribution < 1.29 is 35.4 Å². The maximum absolute atomic E-state index is 9.14. The minimum atomic E-state index is -2.76. The molecule has 0 spiro atoms. The molecule has 1 fully saturated rings. The van der Waals surface area contributed by atoms with E-state index in [9.17, 15) is 0 Å². The van der Waals surface area contributed by atoms with Gasteiger partial charge in [0.2, 0.25) is 5.79 Å². The predicted octanol–water partition coefficient (Wildman–Crippen LogP) is -3.90. The van der Waals surface area contributed by atoms with E-state index in [-0.39, 0.29) is 0 Å². The second kappa shape index (κ2) is 3.46. The van der Waals surface area contributed by atoms with E-state index < -0.39 is 37.0 Å². The lowest BCUT2D eigenvalue weighted by Crippen LogP contribution is -2.53. The third kappa shape index (κ3) is 1.67. The van der Waals surface area contributed by atoms with Crippen LogP contribution >= 0.6 is 0 Å². The molecule has 1 rings (SSSR count). The van der Waals surface area contributed by atoms with Gasteiger partial charge in [0.05, 0.1) is 6.61 Å². The molecule has 0 aromatic rings. The van der Waals surface area contributed by atoms with Crippen LogP contribution in [0.1, 0.15) is 0 Å². The van der Waals surface area contributed by atoms with Crippen molar-refractivity contribution in [2.75, 3.05) is 6.61 Å². The van der Waals surface area contributed by atoms with Crippen LogP contribution in [0.15, 0.2) is 0 Å². The standard InChI is InChI=1S/C6H12O7/c7-1-2(8)4-6(11,12)3(9)5(10)13-4/h2-5,7-12H,1H2/t2-,3+,4-,5?/m1/s1. The van der Waals surface area contributed by atoms with Crippen molar-refractivity contribution in [3.63, 3.8) is 0 Å². The normalized spacial score (nSPS) is 40.6. The Morgan fingerprint density at radius 1 is 1.31 bits per heavy atom. The van der Waals surface area contributed by atoms with Crippen molar-refractivity contribution in [1.82, 2.24) is 0 Å². The van der Waals surface area contributed by atoms with E-state index in [4.69, 9.17) is 30.6 Å². The Labute approximate surface area is 73.4 Å². The summed E-state index contributed by atoms with van der Waals surface area (Å²) in [5, 5.41) is 53.6. The van der Waals surface area contributed by atoms with Crippen LogP contribution in [-0.4, -0.2) is 67.6 Å². The zero-order chi connectivity index (χ0) is 10.2. The quantitative estimate of drug-likeness (QED) is 0.249.